The Morgan fingerprint density at radius 3 is 2.71 bits per heavy atom. The molecule has 1 aliphatic rings. The molecule has 0 unspecified atom stereocenters. The van der Waals surface area contributed by atoms with Gasteiger partial charge in [0.1, 0.15) is 0 Å². The number of hydrazone groups is 1. The molecule has 1 fully saturated rings. The summed E-state index contributed by atoms with van der Waals surface area (Å²) >= 11 is 3.49. The average Bonchev–Trinajstić information content (AvgIpc) is 2.97. The molecular weight excluding hydrogens is 374 g/mol. The highest BCUT2D eigenvalue weighted by atomic mass is 79.9. The maximum atomic E-state index is 12.0. The summed E-state index contributed by atoms with van der Waals surface area (Å²) < 4.78 is 12.0. The number of carbonyl (C=O) groups is 1. The predicted molar refractivity (Wildman–Crippen MR) is 95.7 cm³/mol. The number of nitrogens with one attached hydrogen (secondary N) is 1. The third-order valence-corrected chi connectivity index (χ3v) is 4.23. The summed E-state index contributed by atoms with van der Waals surface area (Å²) in [6, 6.07) is 9.13. The lowest BCUT2D eigenvalue weighted by molar-refractivity contribution is 0.0955. The van der Waals surface area contributed by atoms with Gasteiger partial charge in [-0.15, -0.1) is 0 Å². The largest absolute Gasteiger partial charge is 0.438 e. The molecule has 0 radical (unpaired) electrons. The van der Waals surface area contributed by atoms with Crippen LogP contribution >= 0.6 is 15.9 Å². The number of anilines is 1. The van der Waals surface area contributed by atoms with Crippen molar-refractivity contribution in [2.75, 3.05) is 31.2 Å². The molecule has 0 atom stereocenters. The van der Waals surface area contributed by atoms with Gasteiger partial charge in [0, 0.05) is 24.7 Å². The summed E-state index contributed by atoms with van der Waals surface area (Å²) in [6.07, 6.45) is 1.49. The minimum absolute atomic E-state index is 0.259. The van der Waals surface area contributed by atoms with Gasteiger partial charge in [0.15, 0.2) is 5.76 Å². The minimum Gasteiger partial charge on any atom is -0.438 e. The Morgan fingerprint density at radius 2 is 2.00 bits per heavy atom. The van der Waals surface area contributed by atoms with Crippen molar-refractivity contribution in [3.05, 3.63) is 51.7 Å². The number of furan rings is 1. The van der Waals surface area contributed by atoms with E-state index in [0.29, 0.717) is 24.5 Å². The third-order valence-electron chi connectivity index (χ3n) is 3.66. The Balaban J connectivity index is 1.62. The zero-order valence-electron chi connectivity index (χ0n) is 13.3. The number of hydrogen-bond acceptors (Lipinski definition) is 5. The topological polar surface area (TPSA) is 67.1 Å². The van der Waals surface area contributed by atoms with Crippen LogP contribution in [0.15, 0.2) is 44.3 Å². The average molecular weight is 392 g/mol. The Bertz CT molecular complexity index is 734. The van der Waals surface area contributed by atoms with Gasteiger partial charge in [-0.3, -0.25) is 4.79 Å². The number of amides is 1. The van der Waals surface area contributed by atoms with E-state index in [-0.39, 0.29) is 5.91 Å². The quantitative estimate of drug-likeness (QED) is 0.642. The number of rotatable bonds is 4. The molecule has 1 amide bonds. The first kappa shape index (κ1) is 16.7. The van der Waals surface area contributed by atoms with Crippen molar-refractivity contribution in [2.24, 2.45) is 5.10 Å². The molecule has 1 aliphatic heterocycles. The zero-order chi connectivity index (χ0) is 16.9. The summed E-state index contributed by atoms with van der Waals surface area (Å²) in [5, 5.41) is 3.96. The maximum Gasteiger partial charge on any atom is 0.271 e. The van der Waals surface area contributed by atoms with E-state index in [4.69, 9.17) is 9.15 Å². The van der Waals surface area contributed by atoms with E-state index >= 15 is 0 Å². The molecule has 24 heavy (non-hydrogen) atoms. The molecule has 2 aromatic rings. The molecule has 1 saturated heterocycles. The van der Waals surface area contributed by atoms with Gasteiger partial charge in [-0.1, -0.05) is 17.7 Å². The number of hydrogen-bond donors (Lipinski definition) is 1. The molecule has 126 valence electrons. The fraction of sp³-hybridized carbons (Fsp3) is 0.294. The van der Waals surface area contributed by atoms with Gasteiger partial charge >= 0.3 is 0 Å². The molecule has 1 N–H and O–H groups in total. The van der Waals surface area contributed by atoms with Crippen LogP contribution in [0.5, 0.6) is 0 Å². The summed E-state index contributed by atoms with van der Waals surface area (Å²) in [5.41, 5.74) is 4.16. The number of ether oxygens (including phenoxy) is 1. The van der Waals surface area contributed by atoms with Crippen LogP contribution in [-0.4, -0.2) is 38.4 Å². The predicted octanol–water partition coefficient (Wildman–Crippen LogP) is 2.95. The van der Waals surface area contributed by atoms with Gasteiger partial charge in [0.2, 0.25) is 5.88 Å². The minimum atomic E-state index is -0.259. The van der Waals surface area contributed by atoms with Crippen LogP contribution in [-0.2, 0) is 4.74 Å². The van der Waals surface area contributed by atoms with Crippen LogP contribution in [0.1, 0.15) is 21.7 Å². The maximum absolute atomic E-state index is 12.0. The first-order chi connectivity index (χ1) is 11.6. The van der Waals surface area contributed by atoms with E-state index in [1.54, 1.807) is 12.1 Å². The smallest absolute Gasteiger partial charge is 0.271 e. The lowest BCUT2D eigenvalue weighted by atomic mass is 10.1. The van der Waals surface area contributed by atoms with Crippen LogP contribution < -0.4 is 10.3 Å². The van der Waals surface area contributed by atoms with E-state index in [9.17, 15) is 4.79 Å². The molecule has 1 aromatic heterocycles. The second-order valence-corrected chi connectivity index (χ2v) is 6.32. The highest BCUT2D eigenvalue weighted by Crippen LogP contribution is 2.30. The van der Waals surface area contributed by atoms with Crippen molar-refractivity contribution in [3.8, 4) is 0 Å². The molecule has 7 heteroatoms. The molecule has 2 heterocycles. The number of carbonyl (C=O) groups excluding carboxylic acids is 1. The van der Waals surface area contributed by atoms with E-state index in [2.05, 4.69) is 31.4 Å². The summed E-state index contributed by atoms with van der Waals surface area (Å²) in [7, 11) is 0. The number of benzene rings is 1. The summed E-state index contributed by atoms with van der Waals surface area (Å²) in [6.45, 7) is 4.91. The summed E-state index contributed by atoms with van der Waals surface area (Å²) in [4.78, 5) is 14.1. The van der Waals surface area contributed by atoms with Crippen LogP contribution in [0.2, 0.25) is 0 Å². The van der Waals surface area contributed by atoms with Gasteiger partial charge in [-0.25, -0.2) is 5.43 Å². The molecule has 0 saturated carbocycles. The Kier molecular flexibility index (Phi) is 5.32. The van der Waals surface area contributed by atoms with Crippen molar-refractivity contribution in [2.45, 2.75) is 6.92 Å². The van der Waals surface area contributed by atoms with Crippen molar-refractivity contribution in [1.82, 2.24) is 5.43 Å². The van der Waals surface area contributed by atoms with Crippen molar-refractivity contribution in [3.63, 3.8) is 0 Å². The van der Waals surface area contributed by atoms with E-state index in [1.807, 2.05) is 25.1 Å². The standard InChI is InChI=1S/C17H18BrN3O3/c1-12-2-4-13(5-3-12)16(22)20-19-11-14-10-15(18)17(24-14)21-6-8-23-9-7-21/h2-5,10-11H,6-9H2,1H3,(H,20,22)/b19-11-. The Labute approximate surface area is 148 Å². The van der Waals surface area contributed by atoms with E-state index in [0.717, 1.165) is 29.0 Å². The molecule has 0 spiro atoms. The van der Waals surface area contributed by atoms with Crippen LogP contribution in [0.25, 0.3) is 0 Å². The molecular formula is C17H18BrN3O3. The lowest BCUT2D eigenvalue weighted by Crippen LogP contribution is -2.36. The van der Waals surface area contributed by atoms with Gasteiger partial charge < -0.3 is 14.1 Å². The van der Waals surface area contributed by atoms with Crippen molar-refractivity contribution in [1.29, 1.82) is 0 Å². The van der Waals surface area contributed by atoms with E-state index < -0.39 is 0 Å². The second kappa shape index (κ2) is 7.63. The van der Waals surface area contributed by atoms with Crippen LogP contribution in [0, 0.1) is 6.92 Å². The highest BCUT2D eigenvalue weighted by Gasteiger charge is 2.18. The fourth-order valence-electron chi connectivity index (χ4n) is 2.35. The molecule has 3 rings (SSSR count). The Hall–Kier alpha value is -2.12. The highest BCUT2D eigenvalue weighted by molar-refractivity contribution is 9.10. The summed E-state index contributed by atoms with van der Waals surface area (Å²) in [5.74, 6) is 1.06. The van der Waals surface area contributed by atoms with Gasteiger partial charge in [-0.2, -0.15) is 5.10 Å². The van der Waals surface area contributed by atoms with Crippen molar-refractivity contribution < 1.29 is 13.9 Å². The monoisotopic (exact) mass is 391 g/mol. The number of halogens is 1. The van der Waals surface area contributed by atoms with Crippen LogP contribution in [0.3, 0.4) is 0 Å². The van der Waals surface area contributed by atoms with E-state index in [1.165, 1.54) is 6.21 Å². The first-order valence-electron chi connectivity index (χ1n) is 7.65. The van der Waals surface area contributed by atoms with Gasteiger partial charge in [-0.05, 0) is 35.0 Å². The Morgan fingerprint density at radius 1 is 1.29 bits per heavy atom. The number of aryl methyl sites for hydroxylation is 1. The van der Waals surface area contributed by atoms with Crippen LogP contribution in [0.4, 0.5) is 5.88 Å². The van der Waals surface area contributed by atoms with Crippen molar-refractivity contribution >= 4 is 33.9 Å². The normalized spacial score (nSPS) is 15.0. The molecule has 1 aromatic carbocycles. The number of nitrogens with zero attached hydrogens (tertiary/aromatic N) is 2. The fourth-order valence-corrected chi connectivity index (χ4v) is 2.90. The second-order valence-electron chi connectivity index (χ2n) is 5.47. The lowest BCUT2D eigenvalue weighted by Gasteiger charge is -2.26. The molecule has 6 nitrogen and oxygen atoms in total. The van der Waals surface area contributed by atoms with Gasteiger partial charge in [0.05, 0.1) is 23.9 Å². The van der Waals surface area contributed by atoms with Gasteiger partial charge in [0.25, 0.3) is 5.91 Å². The first-order valence-corrected chi connectivity index (χ1v) is 8.45. The number of morpholine rings is 1. The third kappa shape index (κ3) is 4.04. The molecule has 0 aliphatic carbocycles. The molecule has 0 bridgehead atoms. The SMILES string of the molecule is Cc1ccc(C(=O)N/N=C\c2cc(Br)c(N3CCOCC3)o2)cc1. The zero-order valence-corrected chi connectivity index (χ0v) is 14.9.